The van der Waals surface area contributed by atoms with Gasteiger partial charge in [0.1, 0.15) is 11.5 Å². The van der Waals surface area contributed by atoms with Crippen LogP contribution in [0.3, 0.4) is 0 Å². The van der Waals surface area contributed by atoms with Crippen LogP contribution in [0.1, 0.15) is 112 Å². The predicted molar refractivity (Wildman–Crippen MR) is 177 cm³/mol. The molecule has 0 saturated carbocycles. The largest absolute Gasteiger partial charge is 0.493 e. The van der Waals surface area contributed by atoms with Gasteiger partial charge in [0, 0.05) is 12.8 Å². The van der Waals surface area contributed by atoms with E-state index in [9.17, 15) is 14.4 Å². The molecule has 0 heterocycles. The average Bonchev–Trinajstić information content (AvgIpc) is 3.05. The number of benzene rings is 3. The fraction of sp³-hybridized carbons (Fsp3) is 0.447. The number of hydrogen-bond acceptors (Lipinski definition) is 7. The predicted octanol–water partition coefficient (Wildman–Crippen LogP) is 9.37. The lowest BCUT2D eigenvalue weighted by Gasteiger charge is -2.13. The van der Waals surface area contributed by atoms with Crippen LogP contribution >= 0.6 is 0 Å². The lowest BCUT2D eigenvalue weighted by Crippen LogP contribution is -2.15. The van der Waals surface area contributed by atoms with E-state index in [2.05, 4.69) is 13.8 Å². The molecular weight excluding hydrogens is 568 g/mol. The molecule has 3 aromatic rings. The molecule has 242 valence electrons. The van der Waals surface area contributed by atoms with Gasteiger partial charge in [0.25, 0.3) is 0 Å². The third-order valence-electron chi connectivity index (χ3n) is 7.44. The number of carbonyl (C=O) groups excluding carboxylic acids is 3. The highest BCUT2D eigenvalue weighted by atomic mass is 16.5. The Morgan fingerprint density at radius 3 is 1.80 bits per heavy atom. The molecule has 3 aromatic carbocycles. The van der Waals surface area contributed by atoms with Crippen LogP contribution in [0.15, 0.2) is 72.8 Å². The Morgan fingerprint density at radius 2 is 1.16 bits per heavy atom. The van der Waals surface area contributed by atoms with Gasteiger partial charge in [-0.1, -0.05) is 76.6 Å². The van der Waals surface area contributed by atoms with Gasteiger partial charge in [0.05, 0.1) is 30.4 Å². The fourth-order valence-electron chi connectivity index (χ4n) is 4.74. The lowest BCUT2D eigenvalue weighted by atomic mass is 10.0. The van der Waals surface area contributed by atoms with E-state index in [0.29, 0.717) is 48.7 Å². The molecular formula is C38H48O7. The molecule has 0 saturated heterocycles. The van der Waals surface area contributed by atoms with Gasteiger partial charge >= 0.3 is 17.9 Å². The van der Waals surface area contributed by atoms with Gasteiger partial charge in [-0.25, -0.2) is 9.59 Å². The van der Waals surface area contributed by atoms with Gasteiger partial charge < -0.3 is 18.9 Å². The van der Waals surface area contributed by atoms with Crippen molar-refractivity contribution in [2.24, 2.45) is 0 Å². The Balaban J connectivity index is 1.39. The van der Waals surface area contributed by atoms with Crippen molar-refractivity contribution in [2.45, 2.75) is 97.5 Å². The maximum atomic E-state index is 12.7. The van der Waals surface area contributed by atoms with Crippen molar-refractivity contribution in [3.05, 3.63) is 83.9 Å². The molecule has 7 heteroatoms. The Labute approximate surface area is 268 Å². The fourth-order valence-corrected chi connectivity index (χ4v) is 4.74. The zero-order valence-corrected chi connectivity index (χ0v) is 27.1. The maximum Gasteiger partial charge on any atom is 0.343 e. The van der Waals surface area contributed by atoms with E-state index in [1.165, 1.54) is 12.8 Å². The van der Waals surface area contributed by atoms with Crippen molar-refractivity contribution in [3.8, 4) is 22.6 Å². The molecule has 0 bridgehead atoms. The number of carbonyl (C=O) groups is 3. The van der Waals surface area contributed by atoms with E-state index in [1.54, 1.807) is 48.5 Å². The number of rotatable bonds is 20. The molecule has 0 aliphatic rings. The van der Waals surface area contributed by atoms with Gasteiger partial charge in [-0.05, 0) is 85.8 Å². The SMILES string of the molecule is CCCCCCC(=O)OCCCOc1ccc(C(=O)Oc2ccc(-c3ccc(C(=O)O[C@@H](C)CCCCCC)cc3)cc2)cc1. The molecule has 0 aliphatic carbocycles. The average molecular weight is 617 g/mol. The zero-order valence-electron chi connectivity index (χ0n) is 27.1. The lowest BCUT2D eigenvalue weighted by molar-refractivity contribution is -0.144. The standard InChI is InChI=1S/C38H48O7/c1-4-6-8-10-13-29(3)44-37(40)32-17-15-30(16-18-32)31-19-25-35(26-20-31)45-38(41)33-21-23-34(24-22-33)42-27-12-28-43-36(39)14-11-9-7-5-2/h15-26,29H,4-14,27-28H2,1-3H3/t29-/m0/s1. The molecule has 0 radical (unpaired) electrons. The highest BCUT2D eigenvalue weighted by Gasteiger charge is 2.13. The van der Waals surface area contributed by atoms with Crippen LogP contribution in [-0.4, -0.2) is 37.2 Å². The van der Waals surface area contributed by atoms with Crippen molar-refractivity contribution in [1.29, 1.82) is 0 Å². The summed E-state index contributed by atoms with van der Waals surface area (Å²) in [5.74, 6) is 0.116. The molecule has 7 nitrogen and oxygen atoms in total. The molecule has 0 fully saturated rings. The summed E-state index contributed by atoms with van der Waals surface area (Å²) < 4.78 is 22.1. The van der Waals surface area contributed by atoms with E-state index in [-0.39, 0.29) is 18.0 Å². The number of unbranched alkanes of at least 4 members (excludes halogenated alkanes) is 6. The van der Waals surface area contributed by atoms with Gasteiger partial charge in [-0.2, -0.15) is 0 Å². The Hall–Kier alpha value is -4.13. The molecule has 0 amide bonds. The third kappa shape index (κ3) is 13.2. The Kier molecular flexibility index (Phi) is 15.7. The summed E-state index contributed by atoms with van der Waals surface area (Å²) in [6.07, 6.45) is 10.7. The van der Waals surface area contributed by atoms with Crippen LogP contribution in [0.2, 0.25) is 0 Å². The van der Waals surface area contributed by atoms with Crippen molar-refractivity contribution in [1.82, 2.24) is 0 Å². The second-order valence-electron chi connectivity index (χ2n) is 11.3. The second-order valence-corrected chi connectivity index (χ2v) is 11.3. The summed E-state index contributed by atoms with van der Waals surface area (Å²) in [4.78, 5) is 36.9. The summed E-state index contributed by atoms with van der Waals surface area (Å²) in [6, 6.07) is 21.3. The minimum absolute atomic E-state index is 0.102. The summed E-state index contributed by atoms with van der Waals surface area (Å²) >= 11 is 0. The van der Waals surface area contributed by atoms with E-state index >= 15 is 0 Å². The number of esters is 3. The van der Waals surface area contributed by atoms with Crippen molar-refractivity contribution in [3.63, 3.8) is 0 Å². The van der Waals surface area contributed by atoms with Gasteiger partial charge in [0.15, 0.2) is 0 Å². The van der Waals surface area contributed by atoms with Gasteiger partial charge in [-0.15, -0.1) is 0 Å². The molecule has 45 heavy (non-hydrogen) atoms. The minimum atomic E-state index is -0.470. The van der Waals surface area contributed by atoms with Crippen LogP contribution in [0, 0.1) is 0 Å². The van der Waals surface area contributed by atoms with Crippen molar-refractivity contribution >= 4 is 17.9 Å². The first-order valence-electron chi connectivity index (χ1n) is 16.4. The summed E-state index contributed by atoms with van der Waals surface area (Å²) in [6.45, 7) is 6.99. The van der Waals surface area contributed by atoms with E-state index in [0.717, 1.165) is 56.1 Å². The van der Waals surface area contributed by atoms with Crippen LogP contribution in [0.5, 0.6) is 11.5 Å². The first-order chi connectivity index (χ1) is 21.9. The second kappa shape index (κ2) is 20.0. The normalized spacial score (nSPS) is 11.4. The van der Waals surface area contributed by atoms with Crippen LogP contribution in [-0.2, 0) is 14.3 Å². The van der Waals surface area contributed by atoms with Crippen LogP contribution < -0.4 is 9.47 Å². The Bertz CT molecular complexity index is 1300. The molecule has 3 rings (SSSR count). The van der Waals surface area contributed by atoms with Crippen LogP contribution in [0.25, 0.3) is 11.1 Å². The van der Waals surface area contributed by atoms with E-state index < -0.39 is 5.97 Å². The quantitative estimate of drug-likeness (QED) is 0.0710. The maximum absolute atomic E-state index is 12.7. The van der Waals surface area contributed by atoms with Gasteiger partial charge in [0.2, 0.25) is 0 Å². The van der Waals surface area contributed by atoms with Crippen LogP contribution in [0.4, 0.5) is 0 Å². The number of ether oxygens (including phenoxy) is 4. The smallest absolute Gasteiger partial charge is 0.343 e. The summed E-state index contributed by atoms with van der Waals surface area (Å²) in [7, 11) is 0. The molecule has 0 aliphatic heterocycles. The summed E-state index contributed by atoms with van der Waals surface area (Å²) in [5, 5.41) is 0. The first kappa shape index (κ1) is 35.4. The highest BCUT2D eigenvalue weighted by molar-refractivity contribution is 5.91. The van der Waals surface area contributed by atoms with Crippen molar-refractivity contribution < 1.29 is 33.3 Å². The first-order valence-corrected chi connectivity index (χ1v) is 16.4. The molecule has 0 spiro atoms. The zero-order chi connectivity index (χ0) is 32.3. The van der Waals surface area contributed by atoms with Gasteiger partial charge in [-0.3, -0.25) is 4.79 Å². The Morgan fingerprint density at radius 1 is 0.600 bits per heavy atom. The topological polar surface area (TPSA) is 88.1 Å². The monoisotopic (exact) mass is 616 g/mol. The highest BCUT2D eigenvalue weighted by Crippen LogP contribution is 2.24. The molecule has 1 atom stereocenters. The van der Waals surface area contributed by atoms with E-state index in [1.807, 2.05) is 31.2 Å². The molecule has 0 aromatic heterocycles. The summed E-state index contributed by atoms with van der Waals surface area (Å²) in [5.41, 5.74) is 2.80. The minimum Gasteiger partial charge on any atom is -0.493 e. The molecule has 0 N–H and O–H groups in total. The van der Waals surface area contributed by atoms with E-state index in [4.69, 9.17) is 18.9 Å². The molecule has 0 unspecified atom stereocenters. The van der Waals surface area contributed by atoms with Crippen molar-refractivity contribution in [2.75, 3.05) is 13.2 Å². The number of hydrogen-bond donors (Lipinski definition) is 0. The third-order valence-corrected chi connectivity index (χ3v) is 7.44.